The van der Waals surface area contributed by atoms with Crippen LogP contribution in [0.1, 0.15) is 25.3 Å². The number of hydrogen-bond acceptors (Lipinski definition) is 3. The Morgan fingerprint density at radius 1 is 1.24 bits per heavy atom. The summed E-state index contributed by atoms with van der Waals surface area (Å²) in [5.74, 6) is 0. The van der Waals surface area contributed by atoms with E-state index >= 15 is 0 Å². The highest BCUT2D eigenvalue weighted by atomic mass is 32.2. The lowest BCUT2D eigenvalue weighted by atomic mass is 9.90. The van der Waals surface area contributed by atoms with Crippen molar-refractivity contribution < 1.29 is 0 Å². The Morgan fingerprint density at radius 3 is 2.47 bits per heavy atom. The molecule has 1 aromatic rings. The second kappa shape index (κ2) is 5.89. The van der Waals surface area contributed by atoms with Crippen molar-refractivity contribution in [2.75, 3.05) is 19.3 Å². The molecule has 1 saturated heterocycles. The number of hydrogen-bond donors (Lipinski definition) is 2. The zero-order chi connectivity index (χ0) is 12.1. The van der Waals surface area contributed by atoms with Gasteiger partial charge in [-0.3, -0.25) is 0 Å². The van der Waals surface area contributed by atoms with E-state index in [1.54, 1.807) is 11.8 Å². The molecule has 1 fully saturated rings. The molecule has 0 unspecified atom stereocenters. The van der Waals surface area contributed by atoms with Crippen molar-refractivity contribution in [3.8, 4) is 0 Å². The predicted molar refractivity (Wildman–Crippen MR) is 75.6 cm³/mol. The Morgan fingerprint density at radius 2 is 1.88 bits per heavy atom. The lowest BCUT2D eigenvalue weighted by Crippen LogP contribution is -2.49. The fourth-order valence-electron chi connectivity index (χ4n) is 2.21. The topological polar surface area (TPSA) is 24.1 Å². The third-order valence-corrected chi connectivity index (χ3v) is 4.33. The molecule has 0 bridgehead atoms. The standard InChI is InChI=1S/C14H22N2S/c1-14(7-9-15-10-8-14)16-11-12-3-5-13(17-2)6-4-12/h3-6,15-16H,7-11H2,1-2H3. The Hall–Kier alpha value is -0.510. The SMILES string of the molecule is CSc1ccc(CNC2(C)CCNCC2)cc1. The van der Waals surface area contributed by atoms with Gasteiger partial charge in [0.05, 0.1) is 0 Å². The first-order valence-corrected chi connectivity index (χ1v) is 7.53. The van der Waals surface area contributed by atoms with E-state index in [4.69, 9.17) is 0 Å². The first-order valence-electron chi connectivity index (χ1n) is 6.31. The third-order valence-electron chi connectivity index (χ3n) is 3.59. The zero-order valence-corrected chi connectivity index (χ0v) is 11.6. The summed E-state index contributed by atoms with van der Waals surface area (Å²) in [6.45, 7) is 5.58. The minimum Gasteiger partial charge on any atom is -0.317 e. The highest BCUT2D eigenvalue weighted by molar-refractivity contribution is 7.98. The van der Waals surface area contributed by atoms with E-state index in [1.165, 1.54) is 23.3 Å². The van der Waals surface area contributed by atoms with Gasteiger partial charge in [0.2, 0.25) is 0 Å². The van der Waals surface area contributed by atoms with Crippen LogP contribution in [0, 0.1) is 0 Å². The van der Waals surface area contributed by atoms with Crippen LogP contribution in [-0.2, 0) is 6.54 Å². The van der Waals surface area contributed by atoms with Crippen molar-refractivity contribution in [3.63, 3.8) is 0 Å². The first-order chi connectivity index (χ1) is 8.22. The molecule has 0 amide bonds. The summed E-state index contributed by atoms with van der Waals surface area (Å²) >= 11 is 1.79. The lowest BCUT2D eigenvalue weighted by molar-refractivity contribution is 0.265. The average Bonchev–Trinajstić information content (AvgIpc) is 2.38. The van der Waals surface area contributed by atoms with E-state index in [0.717, 1.165) is 19.6 Å². The Kier molecular flexibility index (Phi) is 4.48. The maximum absolute atomic E-state index is 3.70. The Labute approximate surface area is 109 Å². The quantitative estimate of drug-likeness (QED) is 0.803. The first kappa shape index (κ1) is 12.9. The van der Waals surface area contributed by atoms with Crippen LogP contribution in [0.25, 0.3) is 0 Å². The summed E-state index contributed by atoms with van der Waals surface area (Å²) in [6.07, 6.45) is 4.55. The highest BCUT2D eigenvalue weighted by Gasteiger charge is 2.25. The van der Waals surface area contributed by atoms with Gasteiger partial charge in [0, 0.05) is 17.0 Å². The van der Waals surface area contributed by atoms with Crippen molar-refractivity contribution in [1.82, 2.24) is 10.6 Å². The van der Waals surface area contributed by atoms with Gasteiger partial charge in [0.1, 0.15) is 0 Å². The fraction of sp³-hybridized carbons (Fsp3) is 0.571. The monoisotopic (exact) mass is 250 g/mol. The molecular formula is C14H22N2S. The van der Waals surface area contributed by atoms with Crippen LogP contribution in [0.4, 0.5) is 0 Å². The van der Waals surface area contributed by atoms with Crippen molar-refractivity contribution in [2.45, 2.75) is 36.7 Å². The minimum atomic E-state index is 0.309. The maximum atomic E-state index is 3.70. The fourth-order valence-corrected chi connectivity index (χ4v) is 2.62. The molecule has 2 N–H and O–H groups in total. The number of rotatable bonds is 4. The van der Waals surface area contributed by atoms with Crippen LogP contribution in [0.5, 0.6) is 0 Å². The number of benzene rings is 1. The van der Waals surface area contributed by atoms with Gasteiger partial charge < -0.3 is 10.6 Å². The second-order valence-corrected chi connectivity index (χ2v) is 5.89. The average molecular weight is 250 g/mol. The molecule has 0 spiro atoms. The molecule has 1 aromatic carbocycles. The molecule has 94 valence electrons. The van der Waals surface area contributed by atoms with Gasteiger partial charge in [-0.2, -0.15) is 0 Å². The van der Waals surface area contributed by atoms with Crippen molar-refractivity contribution in [2.24, 2.45) is 0 Å². The smallest absolute Gasteiger partial charge is 0.0210 e. The normalized spacial score (nSPS) is 19.2. The summed E-state index contributed by atoms with van der Waals surface area (Å²) in [4.78, 5) is 1.34. The van der Waals surface area contributed by atoms with Crippen LogP contribution < -0.4 is 10.6 Å². The third kappa shape index (κ3) is 3.73. The molecule has 0 saturated carbocycles. The molecule has 0 aliphatic carbocycles. The van der Waals surface area contributed by atoms with E-state index in [-0.39, 0.29) is 0 Å². The van der Waals surface area contributed by atoms with Gasteiger partial charge in [-0.05, 0) is 56.8 Å². The molecule has 0 radical (unpaired) electrons. The van der Waals surface area contributed by atoms with Crippen LogP contribution >= 0.6 is 11.8 Å². The van der Waals surface area contributed by atoms with Gasteiger partial charge in [0.15, 0.2) is 0 Å². The second-order valence-electron chi connectivity index (χ2n) is 5.01. The zero-order valence-electron chi connectivity index (χ0n) is 10.8. The summed E-state index contributed by atoms with van der Waals surface area (Å²) in [5.41, 5.74) is 1.69. The van der Waals surface area contributed by atoms with E-state index in [1.807, 2.05) is 0 Å². The molecule has 0 aromatic heterocycles. The van der Waals surface area contributed by atoms with Crippen molar-refractivity contribution in [1.29, 1.82) is 0 Å². The molecule has 1 aliphatic heterocycles. The molecule has 1 heterocycles. The number of piperidine rings is 1. The van der Waals surface area contributed by atoms with E-state index < -0.39 is 0 Å². The molecule has 0 atom stereocenters. The van der Waals surface area contributed by atoms with Gasteiger partial charge in [0.25, 0.3) is 0 Å². The summed E-state index contributed by atoms with van der Waals surface area (Å²) < 4.78 is 0. The molecule has 2 nitrogen and oxygen atoms in total. The van der Waals surface area contributed by atoms with Crippen molar-refractivity contribution in [3.05, 3.63) is 29.8 Å². The number of thioether (sulfide) groups is 1. The van der Waals surface area contributed by atoms with E-state index in [0.29, 0.717) is 5.54 Å². The summed E-state index contributed by atoms with van der Waals surface area (Å²) in [5, 5.41) is 7.12. The van der Waals surface area contributed by atoms with Crippen LogP contribution in [0.15, 0.2) is 29.2 Å². The Bertz CT molecular complexity index is 342. The molecule has 1 aliphatic rings. The van der Waals surface area contributed by atoms with Crippen LogP contribution in [0.3, 0.4) is 0 Å². The van der Waals surface area contributed by atoms with Gasteiger partial charge in [-0.1, -0.05) is 12.1 Å². The van der Waals surface area contributed by atoms with E-state index in [9.17, 15) is 0 Å². The molecule has 3 heteroatoms. The minimum absolute atomic E-state index is 0.309. The largest absolute Gasteiger partial charge is 0.317 e. The number of nitrogens with one attached hydrogen (secondary N) is 2. The van der Waals surface area contributed by atoms with Gasteiger partial charge in [-0.25, -0.2) is 0 Å². The summed E-state index contributed by atoms with van der Waals surface area (Å²) in [7, 11) is 0. The van der Waals surface area contributed by atoms with E-state index in [2.05, 4.69) is 48.1 Å². The van der Waals surface area contributed by atoms with Crippen molar-refractivity contribution >= 4 is 11.8 Å². The van der Waals surface area contributed by atoms with Gasteiger partial charge >= 0.3 is 0 Å². The molecule has 2 rings (SSSR count). The van der Waals surface area contributed by atoms with Crippen LogP contribution in [-0.4, -0.2) is 24.9 Å². The Balaban J connectivity index is 1.87. The van der Waals surface area contributed by atoms with Gasteiger partial charge in [-0.15, -0.1) is 11.8 Å². The highest BCUT2D eigenvalue weighted by Crippen LogP contribution is 2.19. The molecular weight excluding hydrogens is 228 g/mol. The molecule has 17 heavy (non-hydrogen) atoms. The summed E-state index contributed by atoms with van der Waals surface area (Å²) in [6, 6.07) is 8.85. The maximum Gasteiger partial charge on any atom is 0.0210 e. The lowest BCUT2D eigenvalue weighted by Gasteiger charge is -2.35. The van der Waals surface area contributed by atoms with Crippen LogP contribution in [0.2, 0.25) is 0 Å². The predicted octanol–water partition coefficient (Wildman–Crippen LogP) is 2.64.